The highest BCUT2D eigenvalue weighted by atomic mass is 35.5. The molecule has 1 saturated carbocycles. The second-order valence-electron chi connectivity index (χ2n) is 6.24. The molecule has 1 aromatic rings. The number of rotatable bonds is 3. The van der Waals surface area contributed by atoms with Gasteiger partial charge in [-0.15, -0.1) is 11.6 Å². The van der Waals surface area contributed by atoms with Gasteiger partial charge in [-0.25, -0.2) is 0 Å². The molecule has 1 heterocycles. The maximum absolute atomic E-state index is 11.0. The van der Waals surface area contributed by atoms with Crippen molar-refractivity contribution in [1.82, 2.24) is 0 Å². The van der Waals surface area contributed by atoms with E-state index in [9.17, 15) is 10.1 Å². The molecule has 2 fully saturated rings. The molecule has 0 N–H and O–H groups in total. The lowest BCUT2D eigenvalue weighted by Gasteiger charge is -2.42. The minimum atomic E-state index is -0.352. The van der Waals surface area contributed by atoms with Crippen LogP contribution in [-0.2, 0) is 5.88 Å². The average Bonchev–Trinajstić information content (AvgIpc) is 2.53. The summed E-state index contributed by atoms with van der Waals surface area (Å²) in [5.41, 5.74) is 1.83. The lowest BCUT2D eigenvalue weighted by molar-refractivity contribution is -0.385. The molecule has 3 rings (SSSR count). The largest absolute Gasteiger partial charge is 0.371 e. The predicted octanol–water partition coefficient (Wildman–Crippen LogP) is 4.35. The highest BCUT2D eigenvalue weighted by Gasteiger charge is 2.31. The molecule has 2 aliphatic rings. The maximum atomic E-state index is 11.0. The maximum Gasteiger partial charge on any atom is 0.273 e. The minimum Gasteiger partial charge on any atom is -0.371 e. The molecule has 0 aromatic heterocycles. The zero-order valence-electron chi connectivity index (χ0n) is 12.1. The summed E-state index contributed by atoms with van der Waals surface area (Å²) < 4.78 is 0. The van der Waals surface area contributed by atoms with Crippen molar-refractivity contribution < 1.29 is 4.92 Å². The van der Waals surface area contributed by atoms with E-state index in [1.54, 1.807) is 6.07 Å². The summed E-state index contributed by atoms with van der Waals surface area (Å²) in [7, 11) is 0. The number of nitro benzene ring substituents is 1. The molecule has 2 atom stereocenters. The Morgan fingerprint density at radius 3 is 2.71 bits per heavy atom. The van der Waals surface area contributed by atoms with E-state index in [1.165, 1.54) is 32.1 Å². The van der Waals surface area contributed by atoms with Gasteiger partial charge in [0, 0.05) is 30.4 Å². The number of hydrogen-bond acceptors (Lipinski definition) is 3. The second kappa shape index (κ2) is 6.22. The molecule has 1 aliphatic heterocycles. The Bertz CT molecular complexity index is 535. The quantitative estimate of drug-likeness (QED) is 0.474. The zero-order chi connectivity index (χ0) is 14.8. The van der Waals surface area contributed by atoms with Crippen LogP contribution in [-0.4, -0.2) is 18.0 Å². The van der Waals surface area contributed by atoms with Crippen molar-refractivity contribution in [3.8, 4) is 0 Å². The van der Waals surface area contributed by atoms with Crippen molar-refractivity contribution in [2.45, 2.75) is 38.0 Å². The molecule has 4 nitrogen and oxygen atoms in total. The van der Waals surface area contributed by atoms with Crippen molar-refractivity contribution in [2.75, 3.05) is 18.0 Å². The summed E-state index contributed by atoms with van der Waals surface area (Å²) in [6.45, 7) is 2.14. The van der Waals surface area contributed by atoms with Crippen LogP contribution in [0, 0.1) is 22.0 Å². The minimum absolute atomic E-state index is 0.126. The van der Waals surface area contributed by atoms with Gasteiger partial charge in [-0.1, -0.05) is 19.3 Å². The second-order valence-corrected chi connectivity index (χ2v) is 6.51. The lowest BCUT2D eigenvalue weighted by atomic mass is 9.75. The van der Waals surface area contributed by atoms with Gasteiger partial charge in [-0.2, -0.15) is 0 Å². The summed E-state index contributed by atoms with van der Waals surface area (Å²) >= 11 is 5.87. The van der Waals surface area contributed by atoms with E-state index in [0.717, 1.165) is 30.6 Å². The van der Waals surface area contributed by atoms with Gasteiger partial charge in [0.15, 0.2) is 0 Å². The fourth-order valence-electron chi connectivity index (χ4n) is 3.89. The van der Waals surface area contributed by atoms with Crippen LogP contribution in [0.15, 0.2) is 18.2 Å². The Morgan fingerprint density at radius 2 is 2.00 bits per heavy atom. The van der Waals surface area contributed by atoms with E-state index in [0.29, 0.717) is 5.56 Å². The molecule has 2 unspecified atom stereocenters. The molecular formula is C16H21ClN2O2. The Morgan fingerprint density at radius 1 is 1.24 bits per heavy atom. The first-order valence-corrected chi connectivity index (χ1v) is 8.30. The fourth-order valence-corrected chi connectivity index (χ4v) is 4.10. The fraction of sp³-hybridized carbons (Fsp3) is 0.625. The van der Waals surface area contributed by atoms with Crippen molar-refractivity contribution in [1.29, 1.82) is 0 Å². The first kappa shape index (κ1) is 14.6. The average molecular weight is 309 g/mol. The highest BCUT2D eigenvalue weighted by molar-refractivity contribution is 6.17. The lowest BCUT2D eigenvalue weighted by Crippen LogP contribution is -2.41. The Kier molecular flexibility index (Phi) is 4.34. The van der Waals surface area contributed by atoms with Gasteiger partial charge in [-0.3, -0.25) is 10.1 Å². The molecule has 0 amide bonds. The van der Waals surface area contributed by atoms with Crippen LogP contribution in [0.3, 0.4) is 0 Å². The normalized spacial score (nSPS) is 25.5. The monoisotopic (exact) mass is 308 g/mol. The van der Waals surface area contributed by atoms with E-state index in [-0.39, 0.29) is 16.5 Å². The third kappa shape index (κ3) is 3.00. The van der Waals surface area contributed by atoms with Gasteiger partial charge >= 0.3 is 0 Å². The third-order valence-electron chi connectivity index (χ3n) is 5.06. The van der Waals surface area contributed by atoms with Crippen LogP contribution in [0.4, 0.5) is 11.4 Å². The van der Waals surface area contributed by atoms with Crippen molar-refractivity contribution in [3.63, 3.8) is 0 Å². The van der Waals surface area contributed by atoms with Crippen LogP contribution in [0.1, 0.15) is 37.7 Å². The topological polar surface area (TPSA) is 46.4 Å². The summed E-state index contributed by atoms with van der Waals surface area (Å²) in [6, 6.07) is 5.37. The number of benzene rings is 1. The number of piperidine rings is 1. The number of halogens is 1. The highest BCUT2D eigenvalue weighted by Crippen LogP contribution is 2.38. The van der Waals surface area contributed by atoms with E-state index >= 15 is 0 Å². The molecule has 1 saturated heterocycles. The molecule has 1 aromatic carbocycles. The number of fused-ring (bicyclic) bond motifs is 1. The number of nitro groups is 1. The van der Waals surface area contributed by atoms with Crippen LogP contribution in [0.2, 0.25) is 0 Å². The van der Waals surface area contributed by atoms with E-state index in [1.807, 2.05) is 12.1 Å². The van der Waals surface area contributed by atoms with Crippen LogP contribution >= 0.6 is 11.6 Å². The third-order valence-corrected chi connectivity index (χ3v) is 5.35. The molecule has 0 spiro atoms. The number of alkyl halides is 1. The molecule has 114 valence electrons. The Hall–Kier alpha value is -1.29. The van der Waals surface area contributed by atoms with Crippen LogP contribution in [0.5, 0.6) is 0 Å². The SMILES string of the molecule is O=[N+]([O-])c1ccc(N2CCC3CCCCC3C2)cc1CCl. The predicted molar refractivity (Wildman–Crippen MR) is 84.9 cm³/mol. The van der Waals surface area contributed by atoms with Gasteiger partial charge in [-0.05, 0) is 36.8 Å². The smallest absolute Gasteiger partial charge is 0.273 e. The molecular weight excluding hydrogens is 288 g/mol. The van der Waals surface area contributed by atoms with Crippen molar-refractivity contribution in [3.05, 3.63) is 33.9 Å². The zero-order valence-corrected chi connectivity index (χ0v) is 12.9. The first-order valence-electron chi connectivity index (χ1n) is 7.77. The van der Waals surface area contributed by atoms with E-state index in [4.69, 9.17) is 11.6 Å². The van der Waals surface area contributed by atoms with Crippen LogP contribution in [0.25, 0.3) is 0 Å². The summed E-state index contributed by atoms with van der Waals surface area (Å²) in [5.74, 6) is 1.87. The molecule has 5 heteroatoms. The number of anilines is 1. The molecule has 0 radical (unpaired) electrons. The van der Waals surface area contributed by atoms with Gasteiger partial charge in [0.05, 0.1) is 10.8 Å². The number of hydrogen-bond donors (Lipinski definition) is 0. The summed E-state index contributed by atoms with van der Waals surface area (Å²) in [5, 5.41) is 11.0. The van der Waals surface area contributed by atoms with E-state index < -0.39 is 0 Å². The van der Waals surface area contributed by atoms with Gasteiger partial charge in [0.1, 0.15) is 0 Å². The van der Waals surface area contributed by atoms with Crippen LogP contribution < -0.4 is 4.90 Å². The van der Waals surface area contributed by atoms with Gasteiger partial charge in [0.2, 0.25) is 0 Å². The molecule has 0 bridgehead atoms. The first-order chi connectivity index (χ1) is 10.2. The standard InChI is InChI=1S/C16H21ClN2O2/c17-10-14-9-15(5-6-16(14)19(20)21)18-8-7-12-3-1-2-4-13(12)11-18/h5-6,9,12-13H,1-4,7-8,10-11H2. The number of nitrogens with zero attached hydrogens (tertiary/aromatic N) is 2. The van der Waals surface area contributed by atoms with Gasteiger partial charge < -0.3 is 4.90 Å². The Balaban J connectivity index is 1.79. The summed E-state index contributed by atoms with van der Waals surface area (Å²) in [4.78, 5) is 13.0. The summed E-state index contributed by atoms with van der Waals surface area (Å²) in [6.07, 6.45) is 6.69. The van der Waals surface area contributed by atoms with Crippen molar-refractivity contribution >= 4 is 23.0 Å². The Labute approximate surface area is 130 Å². The molecule has 21 heavy (non-hydrogen) atoms. The van der Waals surface area contributed by atoms with E-state index in [2.05, 4.69) is 4.90 Å². The molecule has 1 aliphatic carbocycles. The van der Waals surface area contributed by atoms with Crippen molar-refractivity contribution in [2.24, 2.45) is 11.8 Å². The van der Waals surface area contributed by atoms with Gasteiger partial charge in [0.25, 0.3) is 5.69 Å².